The largest absolute Gasteiger partial charge is 0.443 e. The second kappa shape index (κ2) is 8.23. The fraction of sp³-hybridized carbons (Fsp3) is 0.360. The Morgan fingerprint density at radius 3 is 2.41 bits per heavy atom. The molecule has 0 radical (unpaired) electrons. The van der Waals surface area contributed by atoms with Crippen molar-refractivity contribution in [1.29, 1.82) is 0 Å². The predicted molar refractivity (Wildman–Crippen MR) is 126 cm³/mol. The molecule has 1 amide bonds. The zero-order valence-electron chi connectivity index (χ0n) is 19.7. The number of aromatic nitrogens is 2. The number of H-pyrrole nitrogens is 1. The molecule has 1 heterocycles. The van der Waals surface area contributed by atoms with Crippen molar-refractivity contribution in [3.63, 3.8) is 0 Å². The van der Waals surface area contributed by atoms with Gasteiger partial charge in [0.2, 0.25) is 0 Å². The van der Waals surface area contributed by atoms with Crippen molar-refractivity contribution in [2.75, 3.05) is 0 Å². The highest BCUT2D eigenvalue weighted by molar-refractivity contribution is 7.90. The van der Waals surface area contributed by atoms with Crippen molar-refractivity contribution in [1.82, 2.24) is 14.7 Å². The van der Waals surface area contributed by atoms with Gasteiger partial charge in [-0.25, -0.2) is 27.3 Å². The highest BCUT2D eigenvalue weighted by atomic mass is 32.2. The molecule has 0 aliphatic heterocycles. The van der Waals surface area contributed by atoms with E-state index in [1.54, 1.807) is 51.2 Å². The van der Waals surface area contributed by atoms with Gasteiger partial charge < -0.3 is 9.72 Å². The lowest BCUT2D eigenvalue weighted by atomic mass is 10.0. The second-order valence-electron chi connectivity index (χ2n) is 10.2. The Balaban J connectivity index is 1.51. The standard InChI is InChI=1S/C25H28FN3O4S/c1-24(2,3)33-23(30)29-34(31,32)18-11-9-15(10-12-18)20-21(25(20,4)5)19-14-27-22(28-19)16-7-6-8-17(26)13-16/h6-14,20-21H,1-5H3,(H,27,28)(H,29,30)/t20-,21-/m0/s1. The van der Waals surface area contributed by atoms with Crippen LogP contribution >= 0.6 is 0 Å². The van der Waals surface area contributed by atoms with Crippen LogP contribution in [0.5, 0.6) is 0 Å². The van der Waals surface area contributed by atoms with Crippen LogP contribution in [0.4, 0.5) is 9.18 Å². The number of halogens is 1. The molecule has 2 aromatic carbocycles. The Morgan fingerprint density at radius 1 is 1.12 bits per heavy atom. The van der Waals surface area contributed by atoms with E-state index >= 15 is 0 Å². The first-order valence-electron chi connectivity index (χ1n) is 10.9. The SMILES string of the molecule is CC(C)(C)OC(=O)NS(=O)(=O)c1ccc([C@H]2[C@H](c3cnc(-c4cccc(F)c4)[nH]3)C2(C)C)cc1. The lowest BCUT2D eigenvalue weighted by Crippen LogP contribution is -2.36. The average Bonchev–Trinajstić information content (AvgIpc) is 3.06. The molecule has 1 aromatic heterocycles. The van der Waals surface area contributed by atoms with Gasteiger partial charge in [-0.1, -0.05) is 38.1 Å². The molecule has 1 aliphatic carbocycles. The fourth-order valence-corrected chi connectivity index (χ4v) is 5.31. The molecule has 2 N–H and O–H groups in total. The molecule has 1 fully saturated rings. The van der Waals surface area contributed by atoms with E-state index < -0.39 is 21.7 Å². The van der Waals surface area contributed by atoms with Gasteiger partial charge in [-0.2, -0.15) is 0 Å². The lowest BCUT2D eigenvalue weighted by molar-refractivity contribution is 0.0570. The van der Waals surface area contributed by atoms with Gasteiger partial charge in [-0.15, -0.1) is 0 Å². The highest BCUT2D eigenvalue weighted by Crippen LogP contribution is 2.69. The van der Waals surface area contributed by atoms with Gasteiger partial charge in [-0.3, -0.25) is 0 Å². The van der Waals surface area contributed by atoms with E-state index in [1.807, 2.05) is 4.72 Å². The van der Waals surface area contributed by atoms with Crippen LogP contribution < -0.4 is 4.72 Å². The van der Waals surface area contributed by atoms with E-state index in [-0.39, 0.29) is 28.0 Å². The number of rotatable bonds is 5. The molecule has 7 nitrogen and oxygen atoms in total. The molecule has 2 atom stereocenters. The monoisotopic (exact) mass is 485 g/mol. The lowest BCUT2D eigenvalue weighted by Gasteiger charge is -2.19. The highest BCUT2D eigenvalue weighted by Gasteiger charge is 2.59. The maximum absolute atomic E-state index is 13.6. The molecule has 1 saturated carbocycles. The quantitative estimate of drug-likeness (QED) is 0.508. The minimum atomic E-state index is -4.05. The summed E-state index contributed by atoms with van der Waals surface area (Å²) in [6.45, 7) is 9.24. The van der Waals surface area contributed by atoms with Crippen molar-refractivity contribution in [3.05, 3.63) is 71.8 Å². The number of carbonyl (C=O) groups excluding carboxylic acids is 1. The van der Waals surface area contributed by atoms with Crippen LogP contribution in [-0.2, 0) is 14.8 Å². The number of hydrogen-bond donors (Lipinski definition) is 2. The molecular weight excluding hydrogens is 457 g/mol. The van der Waals surface area contributed by atoms with Crippen molar-refractivity contribution < 1.29 is 22.3 Å². The molecule has 180 valence electrons. The van der Waals surface area contributed by atoms with E-state index in [0.717, 1.165) is 11.3 Å². The summed E-state index contributed by atoms with van der Waals surface area (Å²) in [4.78, 5) is 19.6. The number of hydrogen-bond acceptors (Lipinski definition) is 5. The first-order chi connectivity index (χ1) is 15.8. The first-order valence-corrected chi connectivity index (χ1v) is 12.4. The molecule has 0 bridgehead atoms. The molecule has 0 saturated heterocycles. The maximum atomic E-state index is 13.6. The summed E-state index contributed by atoms with van der Waals surface area (Å²) < 4.78 is 45.7. The topological polar surface area (TPSA) is 101 Å². The van der Waals surface area contributed by atoms with E-state index in [0.29, 0.717) is 11.4 Å². The van der Waals surface area contributed by atoms with E-state index in [1.165, 1.54) is 24.3 Å². The van der Waals surface area contributed by atoms with Gasteiger partial charge in [-0.05, 0) is 61.9 Å². The average molecular weight is 486 g/mol. The number of nitrogens with one attached hydrogen (secondary N) is 2. The first kappa shape index (κ1) is 23.9. The third-order valence-corrected chi connectivity index (χ3v) is 7.35. The number of benzene rings is 2. The Bertz CT molecular complexity index is 1320. The molecule has 34 heavy (non-hydrogen) atoms. The minimum Gasteiger partial charge on any atom is -0.443 e. The van der Waals surface area contributed by atoms with Crippen molar-refractivity contribution in [2.45, 2.75) is 57.0 Å². The van der Waals surface area contributed by atoms with Gasteiger partial charge in [0.05, 0.1) is 4.90 Å². The zero-order chi connectivity index (χ0) is 24.9. The van der Waals surface area contributed by atoms with Gasteiger partial charge in [0.15, 0.2) is 0 Å². The molecule has 4 rings (SSSR count). The van der Waals surface area contributed by atoms with Crippen molar-refractivity contribution >= 4 is 16.1 Å². The Hall–Kier alpha value is -3.20. The minimum absolute atomic E-state index is 0.0213. The summed E-state index contributed by atoms with van der Waals surface area (Å²) in [5.74, 6) is 0.565. The second-order valence-corrected chi connectivity index (χ2v) is 11.8. The summed E-state index contributed by atoms with van der Waals surface area (Å²) in [6, 6.07) is 12.8. The summed E-state index contributed by atoms with van der Waals surface area (Å²) in [5.41, 5.74) is 1.71. The Kier molecular flexibility index (Phi) is 5.80. The predicted octanol–water partition coefficient (Wildman–Crippen LogP) is 5.34. The summed E-state index contributed by atoms with van der Waals surface area (Å²) in [6.07, 6.45) is 0.754. The van der Waals surface area contributed by atoms with Crippen LogP contribution in [0.25, 0.3) is 11.4 Å². The van der Waals surface area contributed by atoms with Crippen LogP contribution in [0.15, 0.2) is 59.6 Å². The normalized spacial score (nSPS) is 19.5. The third-order valence-electron chi connectivity index (χ3n) is 6.02. The summed E-state index contributed by atoms with van der Waals surface area (Å²) in [5, 5.41) is 0. The van der Waals surface area contributed by atoms with E-state index in [2.05, 4.69) is 23.8 Å². The number of sulfonamides is 1. The third kappa shape index (κ3) is 4.84. The molecule has 1 aliphatic rings. The van der Waals surface area contributed by atoms with Gasteiger partial charge in [0.1, 0.15) is 17.2 Å². The van der Waals surface area contributed by atoms with Crippen LogP contribution in [-0.4, -0.2) is 30.1 Å². The molecule has 3 aromatic rings. The zero-order valence-corrected chi connectivity index (χ0v) is 20.5. The van der Waals surface area contributed by atoms with Crippen LogP contribution in [0.3, 0.4) is 0 Å². The number of nitrogens with zero attached hydrogens (tertiary/aromatic N) is 1. The van der Waals surface area contributed by atoms with E-state index in [9.17, 15) is 17.6 Å². The molecule has 0 spiro atoms. The fourth-order valence-electron chi connectivity index (χ4n) is 4.44. The smallest absolute Gasteiger partial charge is 0.421 e. The van der Waals surface area contributed by atoms with Gasteiger partial charge >= 0.3 is 6.09 Å². The van der Waals surface area contributed by atoms with Crippen LogP contribution in [0.1, 0.15) is 57.7 Å². The molecule has 9 heteroatoms. The molecular formula is C25H28FN3O4S. The number of imidazole rings is 1. The number of ether oxygens (including phenoxy) is 1. The number of carbonyl (C=O) groups is 1. The number of amides is 1. The van der Waals surface area contributed by atoms with Crippen LogP contribution in [0.2, 0.25) is 0 Å². The maximum Gasteiger partial charge on any atom is 0.421 e. The van der Waals surface area contributed by atoms with Crippen molar-refractivity contribution in [2.24, 2.45) is 5.41 Å². The summed E-state index contributed by atoms with van der Waals surface area (Å²) >= 11 is 0. The summed E-state index contributed by atoms with van der Waals surface area (Å²) in [7, 11) is -4.05. The Morgan fingerprint density at radius 2 is 1.79 bits per heavy atom. The van der Waals surface area contributed by atoms with Crippen molar-refractivity contribution in [3.8, 4) is 11.4 Å². The number of aromatic amines is 1. The van der Waals surface area contributed by atoms with Gasteiger partial charge in [0.25, 0.3) is 10.0 Å². The van der Waals surface area contributed by atoms with Gasteiger partial charge in [0, 0.05) is 23.4 Å². The van der Waals surface area contributed by atoms with Crippen LogP contribution in [0, 0.1) is 11.2 Å². The Labute approximate surface area is 198 Å². The van der Waals surface area contributed by atoms with E-state index in [4.69, 9.17) is 4.74 Å². The molecule has 0 unspecified atom stereocenters.